The summed E-state index contributed by atoms with van der Waals surface area (Å²) in [5.41, 5.74) is 2.92. The Hall–Kier alpha value is -2.97. The molecule has 0 bridgehead atoms. The smallest absolute Gasteiger partial charge is 0.335 e. The summed E-state index contributed by atoms with van der Waals surface area (Å²) in [6.45, 7) is 1.77. The van der Waals surface area contributed by atoms with Crippen LogP contribution in [0.3, 0.4) is 0 Å². The van der Waals surface area contributed by atoms with Gasteiger partial charge in [0.1, 0.15) is 0 Å². The van der Waals surface area contributed by atoms with E-state index in [-0.39, 0.29) is 20.7 Å². The van der Waals surface area contributed by atoms with Crippen LogP contribution in [-0.2, 0) is 9.59 Å². The van der Waals surface area contributed by atoms with Crippen LogP contribution >= 0.6 is 24.0 Å². The minimum atomic E-state index is -1.09. The Balaban J connectivity index is 1.86. The number of likely N-dealkylation sites (N-methyl/N-ethyl adjacent to an activating group) is 1. The number of amides is 2. The van der Waals surface area contributed by atoms with Crippen molar-refractivity contribution in [2.24, 2.45) is 0 Å². The quantitative estimate of drug-likeness (QED) is 0.604. The Bertz CT molecular complexity index is 1120. The zero-order chi connectivity index (χ0) is 20.2. The third-order valence-electron chi connectivity index (χ3n) is 4.75. The molecule has 0 saturated carbocycles. The largest absolute Gasteiger partial charge is 0.478 e. The molecule has 0 spiro atoms. The number of aryl methyl sites for hydroxylation is 1. The van der Waals surface area contributed by atoms with E-state index in [1.54, 1.807) is 26.1 Å². The van der Waals surface area contributed by atoms with Crippen molar-refractivity contribution in [3.63, 3.8) is 0 Å². The van der Waals surface area contributed by atoms with E-state index >= 15 is 0 Å². The number of thiocarbonyl (C=S) groups is 1. The van der Waals surface area contributed by atoms with Crippen molar-refractivity contribution >= 4 is 63.0 Å². The lowest BCUT2D eigenvalue weighted by Crippen LogP contribution is -2.29. The molecule has 28 heavy (non-hydrogen) atoms. The summed E-state index contributed by atoms with van der Waals surface area (Å²) < 4.78 is 0.262. The van der Waals surface area contributed by atoms with Gasteiger partial charge in [0.2, 0.25) is 0 Å². The summed E-state index contributed by atoms with van der Waals surface area (Å²) in [6.07, 6.45) is 0. The van der Waals surface area contributed by atoms with Gasteiger partial charge in [-0.15, -0.1) is 0 Å². The van der Waals surface area contributed by atoms with Crippen LogP contribution in [0.2, 0.25) is 0 Å². The normalized spacial score (nSPS) is 18.9. The van der Waals surface area contributed by atoms with Gasteiger partial charge in [0, 0.05) is 12.6 Å². The molecule has 140 valence electrons. The Morgan fingerprint density at radius 1 is 1.07 bits per heavy atom. The molecule has 4 rings (SSSR count). The molecule has 6 nitrogen and oxygen atoms in total. The number of fused-ring (bicyclic) bond motifs is 1. The topological polar surface area (TPSA) is 77.9 Å². The van der Waals surface area contributed by atoms with E-state index in [1.165, 1.54) is 21.9 Å². The molecular formula is C20H14N2O4S2. The number of anilines is 2. The number of nitrogens with zero attached hydrogens (tertiary/aromatic N) is 2. The number of carboxylic acids is 1. The molecule has 0 unspecified atom stereocenters. The number of thioether (sulfide) groups is 1. The fourth-order valence-corrected chi connectivity index (χ4v) is 4.66. The Morgan fingerprint density at radius 3 is 2.50 bits per heavy atom. The van der Waals surface area contributed by atoms with Crippen LogP contribution < -0.4 is 9.80 Å². The summed E-state index contributed by atoms with van der Waals surface area (Å²) >= 11 is 6.47. The van der Waals surface area contributed by atoms with Crippen LogP contribution in [-0.4, -0.2) is 34.3 Å². The first kappa shape index (κ1) is 18.4. The fourth-order valence-electron chi connectivity index (χ4n) is 3.30. The van der Waals surface area contributed by atoms with E-state index in [4.69, 9.17) is 12.2 Å². The van der Waals surface area contributed by atoms with Crippen LogP contribution in [0.4, 0.5) is 11.4 Å². The van der Waals surface area contributed by atoms with Gasteiger partial charge in [-0.1, -0.05) is 48.2 Å². The monoisotopic (exact) mass is 410 g/mol. The Morgan fingerprint density at radius 2 is 1.79 bits per heavy atom. The van der Waals surface area contributed by atoms with Crippen molar-refractivity contribution in [1.82, 2.24) is 0 Å². The molecule has 2 aromatic carbocycles. The van der Waals surface area contributed by atoms with Gasteiger partial charge in [-0.25, -0.2) is 4.79 Å². The maximum atomic E-state index is 13.2. The van der Waals surface area contributed by atoms with Crippen LogP contribution in [0.1, 0.15) is 21.5 Å². The van der Waals surface area contributed by atoms with Gasteiger partial charge in [-0.3, -0.25) is 14.5 Å². The third-order valence-corrected chi connectivity index (χ3v) is 6.12. The Kier molecular flexibility index (Phi) is 4.32. The molecule has 0 aromatic heterocycles. The number of aromatic carboxylic acids is 1. The molecule has 0 aliphatic carbocycles. The number of carbonyl (C=O) groups is 3. The molecule has 1 saturated heterocycles. The van der Waals surface area contributed by atoms with E-state index in [2.05, 4.69) is 0 Å². The zero-order valence-electron chi connectivity index (χ0n) is 14.9. The van der Waals surface area contributed by atoms with E-state index in [9.17, 15) is 19.5 Å². The summed E-state index contributed by atoms with van der Waals surface area (Å²) in [6, 6.07) is 11.8. The highest BCUT2D eigenvalue weighted by atomic mass is 32.2. The molecule has 0 radical (unpaired) electrons. The van der Waals surface area contributed by atoms with Crippen LogP contribution in [0.15, 0.2) is 47.4 Å². The first-order chi connectivity index (χ1) is 13.3. The van der Waals surface area contributed by atoms with Crippen LogP contribution in [0.5, 0.6) is 0 Å². The second-order valence-corrected chi connectivity index (χ2v) is 8.04. The molecule has 2 aromatic rings. The number of hydrogen-bond acceptors (Lipinski definition) is 5. The number of rotatable bonds is 2. The summed E-state index contributed by atoms with van der Waals surface area (Å²) in [5, 5.41) is 9.27. The summed E-state index contributed by atoms with van der Waals surface area (Å²) in [5.74, 6) is -1.78. The predicted molar refractivity (Wildman–Crippen MR) is 113 cm³/mol. The van der Waals surface area contributed by atoms with Crippen molar-refractivity contribution in [1.29, 1.82) is 0 Å². The standard InChI is InChI=1S/C20H14N2O4S2/c1-10-7-8-11(19(25)26)9-14(10)22-18(24)16(28-20(22)27)15-12-5-3-4-6-13(12)21(2)17(15)23/h3-9H,1-2H3,(H,25,26)/b16-15-. The van der Waals surface area contributed by atoms with Gasteiger partial charge in [0.25, 0.3) is 11.8 Å². The fraction of sp³-hybridized carbons (Fsp3) is 0.100. The molecule has 2 amide bonds. The van der Waals surface area contributed by atoms with Crippen molar-refractivity contribution in [2.45, 2.75) is 6.92 Å². The minimum absolute atomic E-state index is 0.0596. The van der Waals surface area contributed by atoms with E-state index in [1.807, 2.05) is 18.2 Å². The molecule has 0 atom stereocenters. The summed E-state index contributed by atoms with van der Waals surface area (Å²) in [4.78, 5) is 40.5. The maximum absolute atomic E-state index is 13.2. The van der Waals surface area contributed by atoms with E-state index in [0.29, 0.717) is 22.4 Å². The van der Waals surface area contributed by atoms with Crippen molar-refractivity contribution in [3.05, 3.63) is 64.1 Å². The number of carbonyl (C=O) groups excluding carboxylic acids is 2. The Labute approximate surface area is 170 Å². The van der Waals surface area contributed by atoms with Gasteiger partial charge in [-0.2, -0.15) is 0 Å². The lowest BCUT2D eigenvalue weighted by atomic mass is 10.1. The average Bonchev–Trinajstić information content (AvgIpc) is 3.09. The SMILES string of the molecule is Cc1ccc(C(=O)O)cc1N1C(=O)/C(=C2/C(=O)N(C)c3ccccc32)SC1=S. The van der Waals surface area contributed by atoms with Crippen LogP contribution in [0, 0.1) is 6.92 Å². The zero-order valence-corrected chi connectivity index (χ0v) is 16.6. The molecule has 2 heterocycles. The van der Waals surface area contributed by atoms with Crippen molar-refractivity contribution in [2.75, 3.05) is 16.8 Å². The first-order valence-corrected chi connectivity index (χ1v) is 9.55. The number of hydrogen-bond donors (Lipinski definition) is 1. The third kappa shape index (κ3) is 2.64. The molecule has 8 heteroatoms. The summed E-state index contributed by atoms with van der Waals surface area (Å²) in [7, 11) is 1.66. The van der Waals surface area contributed by atoms with Crippen LogP contribution in [0.25, 0.3) is 5.57 Å². The highest BCUT2D eigenvalue weighted by Crippen LogP contribution is 2.45. The predicted octanol–water partition coefficient (Wildman–Crippen LogP) is 3.45. The molecular weight excluding hydrogens is 396 g/mol. The van der Waals surface area contributed by atoms with Gasteiger partial charge < -0.3 is 10.0 Å². The highest BCUT2D eigenvalue weighted by molar-refractivity contribution is 8.27. The second-order valence-electron chi connectivity index (χ2n) is 6.40. The number of carboxylic acid groups (broad SMARTS) is 1. The van der Waals surface area contributed by atoms with Gasteiger partial charge in [0.15, 0.2) is 4.32 Å². The van der Waals surface area contributed by atoms with E-state index < -0.39 is 11.9 Å². The second kappa shape index (κ2) is 6.57. The van der Waals surface area contributed by atoms with E-state index in [0.717, 1.165) is 17.4 Å². The number of benzene rings is 2. The highest BCUT2D eigenvalue weighted by Gasteiger charge is 2.42. The van der Waals surface area contributed by atoms with Gasteiger partial charge >= 0.3 is 5.97 Å². The lowest BCUT2D eigenvalue weighted by molar-refractivity contribution is -0.115. The maximum Gasteiger partial charge on any atom is 0.335 e. The molecule has 1 fully saturated rings. The van der Waals surface area contributed by atoms with Crippen molar-refractivity contribution < 1.29 is 19.5 Å². The van der Waals surface area contributed by atoms with Gasteiger partial charge in [-0.05, 0) is 30.7 Å². The first-order valence-electron chi connectivity index (χ1n) is 8.33. The lowest BCUT2D eigenvalue weighted by Gasteiger charge is -2.18. The van der Waals surface area contributed by atoms with Crippen molar-refractivity contribution in [3.8, 4) is 0 Å². The number of para-hydroxylation sites is 1. The molecule has 2 aliphatic heterocycles. The molecule has 1 N–H and O–H groups in total. The van der Waals surface area contributed by atoms with Gasteiger partial charge in [0.05, 0.1) is 27.4 Å². The molecule has 2 aliphatic rings. The minimum Gasteiger partial charge on any atom is -0.478 e. The average molecular weight is 410 g/mol.